The zero-order chi connectivity index (χ0) is 20.4. The van der Waals surface area contributed by atoms with Gasteiger partial charge in [-0.15, -0.1) is 0 Å². The van der Waals surface area contributed by atoms with Gasteiger partial charge >= 0.3 is 5.69 Å². The van der Waals surface area contributed by atoms with Gasteiger partial charge in [0.1, 0.15) is 11.6 Å². The number of Topliss-reactive ketones (excluding diaryl/α,β-unsaturated/α-hetero) is 1. The summed E-state index contributed by atoms with van der Waals surface area (Å²) in [4.78, 5) is 38.2. The summed E-state index contributed by atoms with van der Waals surface area (Å²) in [6.45, 7) is 5.21. The van der Waals surface area contributed by atoms with Crippen LogP contribution in [0.25, 0.3) is 0 Å². The number of carbonyl (C=O) groups is 1. The van der Waals surface area contributed by atoms with Gasteiger partial charge in [0, 0.05) is 49.5 Å². The lowest BCUT2D eigenvalue weighted by Crippen LogP contribution is -2.43. The number of fused-ring (bicyclic) bond motifs is 1. The summed E-state index contributed by atoms with van der Waals surface area (Å²) in [5.74, 6) is -0.312. The van der Waals surface area contributed by atoms with Crippen molar-refractivity contribution in [2.24, 2.45) is 0 Å². The van der Waals surface area contributed by atoms with Crippen LogP contribution in [0.3, 0.4) is 0 Å². The maximum atomic E-state index is 12.9. The zero-order valence-corrected chi connectivity index (χ0v) is 16.4. The fourth-order valence-electron chi connectivity index (χ4n) is 3.91. The lowest BCUT2D eigenvalue weighted by atomic mass is 10.1. The molecule has 8 heteroatoms. The first-order valence-electron chi connectivity index (χ1n) is 9.36. The second kappa shape index (κ2) is 7.98. The molecule has 0 N–H and O–H groups in total. The molecule has 148 valence electrons. The van der Waals surface area contributed by atoms with E-state index >= 15 is 0 Å². The molecule has 2 aromatic heterocycles. The van der Waals surface area contributed by atoms with Crippen molar-refractivity contribution < 1.29 is 9.53 Å². The topological polar surface area (TPSA) is 99.0 Å². The average molecular weight is 384 g/mol. The lowest BCUT2D eigenvalue weighted by molar-refractivity contribution is 0.0967. The number of carbonyl (C=O) groups excluding carboxylic acids is 1. The Balaban J connectivity index is 1.95. The van der Waals surface area contributed by atoms with Gasteiger partial charge in [-0.2, -0.15) is 5.26 Å². The van der Waals surface area contributed by atoms with Crippen molar-refractivity contribution in [2.75, 3.05) is 13.7 Å². The number of hydrogen-bond donors (Lipinski definition) is 0. The van der Waals surface area contributed by atoms with E-state index in [9.17, 15) is 19.6 Å². The van der Waals surface area contributed by atoms with Crippen molar-refractivity contribution in [1.82, 2.24) is 13.7 Å². The van der Waals surface area contributed by atoms with E-state index in [4.69, 9.17) is 4.74 Å². The van der Waals surface area contributed by atoms with Crippen LogP contribution in [0.5, 0.6) is 0 Å². The molecule has 0 atom stereocenters. The minimum atomic E-state index is -0.678. The molecule has 1 aliphatic heterocycles. The van der Waals surface area contributed by atoms with Gasteiger partial charge < -0.3 is 9.30 Å². The van der Waals surface area contributed by atoms with Crippen LogP contribution in [0, 0.1) is 25.2 Å². The second-order valence-electron chi connectivity index (χ2n) is 7.07. The fourth-order valence-corrected chi connectivity index (χ4v) is 3.91. The SMILES string of the molecule is COCCCn1c(C)cc(C(=O)Cn2c(=O)c(C#N)c3n(c2=O)CCC3)c1C. The monoisotopic (exact) mass is 384 g/mol. The number of ketones is 1. The van der Waals surface area contributed by atoms with E-state index in [1.165, 1.54) is 4.57 Å². The average Bonchev–Trinajstić information content (AvgIpc) is 3.25. The fraction of sp³-hybridized carbons (Fsp3) is 0.500. The van der Waals surface area contributed by atoms with Crippen molar-refractivity contribution in [1.29, 1.82) is 5.26 Å². The number of methoxy groups -OCH3 is 1. The Morgan fingerprint density at radius 1 is 1.29 bits per heavy atom. The van der Waals surface area contributed by atoms with Gasteiger partial charge in [0.25, 0.3) is 5.56 Å². The van der Waals surface area contributed by atoms with Crippen molar-refractivity contribution in [3.8, 4) is 6.07 Å². The molecule has 0 fully saturated rings. The van der Waals surface area contributed by atoms with Crippen molar-refractivity contribution in [3.63, 3.8) is 0 Å². The molecule has 0 aromatic carbocycles. The number of aromatic nitrogens is 3. The van der Waals surface area contributed by atoms with E-state index in [1.807, 2.05) is 24.5 Å². The molecule has 0 bridgehead atoms. The lowest BCUT2D eigenvalue weighted by Gasteiger charge is -2.11. The number of ether oxygens (including phenoxy) is 1. The third-order valence-electron chi connectivity index (χ3n) is 5.35. The number of nitrogens with zero attached hydrogens (tertiary/aromatic N) is 4. The second-order valence-corrected chi connectivity index (χ2v) is 7.07. The molecule has 3 heterocycles. The summed E-state index contributed by atoms with van der Waals surface area (Å²) >= 11 is 0. The predicted octanol–water partition coefficient (Wildman–Crippen LogP) is 1.17. The van der Waals surface area contributed by atoms with E-state index < -0.39 is 11.2 Å². The molecule has 0 radical (unpaired) electrons. The Kier molecular flexibility index (Phi) is 5.66. The highest BCUT2D eigenvalue weighted by Gasteiger charge is 2.24. The normalized spacial score (nSPS) is 12.8. The molecule has 0 unspecified atom stereocenters. The molecule has 2 aromatic rings. The highest BCUT2D eigenvalue weighted by atomic mass is 16.5. The van der Waals surface area contributed by atoms with Gasteiger partial charge in [-0.3, -0.25) is 18.7 Å². The largest absolute Gasteiger partial charge is 0.385 e. The molecule has 0 amide bonds. The van der Waals surface area contributed by atoms with E-state index in [0.717, 1.165) is 28.9 Å². The van der Waals surface area contributed by atoms with Crippen LogP contribution in [0.15, 0.2) is 15.7 Å². The van der Waals surface area contributed by atoms with Crippen LogP contribution in [-0.4, -0.2) is 33.2 Å². The van der Waals surface area contributed by atoms with Gasteiger partial charge in [-0.05, 0) is 39.2 Å². The summed E-state index contributed by atoms with van der Waals surface area (Å²) in [6.07, 6.45) is 2.06. The molecule has 0 saturated heterocycles. The van der Waals surface area contributed by atoms with Gasteiger partial charge in [-0.1, -0.05) is 0 Å². The number of hydrogen-bond acceptors (Lipinski definition) is 5. The smallest absolute Gasteiger partial charge is 0.331 e. The van der Waals surface area contributed by atoms with E-state index in [-0.39, 0.29) is 17.9 Å². The van der Waals surface area contributed by atoms with E-state index in [0.29, 0.717) is 37.3 Å². The quantitative estimate of drug-likeness (QED) is 0.527. The molecular formula is C20H24N4O4. The number of aryl methyl sites for hydroxylation is 1. The highest BCUT2D eigenvalue weighted by molar-refractivity contribution is 5.97. The molecule has 0 saturated carbocycles. The Labute approximate surface area is 162 Å². The Bertz CT molecular complexity index is 1080. The first-order valence-corrected chi connectivity index (χ1v) is 9.36. The van der Waals surface area contributed by atoms with E-state index in [2.05, 4.69) is 0 Å². The Morgan fingerprint density at radius 2 is 2.04 bits per heavy atom. The van der Waals surface area contributed by atoms with Crippen LogP contribution in [0.1, 0.15) is 45.8 Å². The third kappa shape index (κ3) is 3.34. The van der Waals surface area contributed by atoms with Gasteiger partial charge in [0.15, 0.2) is 5.78 Å². The van der Waals surface area contributed by atoms with Gasteiger partial charge in [-0.25, -0.2) is 4.79 Å². The summed E-state index contributed by atoms with van der Waals surface area (Å²) in [6, 6.07) is 3.69. The van der Waals surface area contributed by atoms with Crippen LogP contribution < -0.4 is 11.2 Å². The van der Waals surface area contributed by atoms with Gasteiger partial charge in [0.2, 0.25) is 0 Å². The van der Waals surface area contributed by atoms with Crippen molar-refractivity contribution >= 4 is 5.78 Å². The maximum Gasteiger partial charge on any atom is 0.331 e. The molecule has 8 nitrogen and oxygen atoms in total. The minimum absolute atomic E-state index is 0.0325. The molecule has 0 aliphatic carbocycles. The molecule has 3 rings (SSSR count). The number of rotatable bonds is 7. The summed E-state index contributed by atoms with van der Waals surface area (Å²) < 4.78 is 9.45. The molecular weight excluding hydrogens is 360 g/mol. The summed E-state index contributed by atoms with van der Waals surface area (Å²) in [7, 11) is 1.65. The van der Waals surface area contributed by atoms with Gasteiger partial charge in [0.05, 0.1) is 6.54 Å². The number of nitriles is 1. The Hall–Kier alpha value is -2.92. The zero-order valence-electron chi connectivity index (χ0n) is 16.4. The highest BCUT2D eigenvalue weighted by Crippen LogP contribution is 2.17. The van der Waals surface area contributed by atoms with E-state index in [1.54, 1.807) is 13.2 Å². The molecule has 28 heavy (non-hydrogen) atoms. The first kappa shape index (κ1) is 19.8. The van der Waals surface area contributed by atoms with Crippen molar-refractivity contribution in [2.45, 2.75) is 52.7 Å². The molecule has 1 aliphatic rings. The summed E-state index contributed by atoms with van der Waals surface area (Å²) in [5.41, 5.74) is 1.49. The van der Waals surface area contributed by atoms with Crippen molar-refractivity contribution in [3.05, 3.63) is 55.1 Å². The maximum absolute atomic E-state index is 12.9. The summed E-state index contributed by atoms with van der Waals surface area (Å²) in [5, 5.41) is 9.36. The minimum Gasteiger partial charge on any atom is -0.385 e. The first-order chi connectivity index (χ1) is 13.4. The predicted molar refractivity (Wildman–Crippen MR) is 103 cm³/mol. The van der Waals surface area contributed by atoms with Crippen LogP contribution >= 0.6 is 0 Å². The Morgan fingerprint density at radius 3 is 2.71 bits per heavy atom. The third-order valence-corrected chi connectivity index (χ3v) is 5.35. The van der Waals surface area contributed by atoms with Crippen LogP contribution in [0.4, 0.5) is 0 Å². The van der Waals surface area contributed by atoms with Crippen LogP contribution in [-0.2, 0) is 30.8 Å². The standard InChI is InChI=1S/C20H24N4O4/c1-13-10-15(14(2)22(13)8-5-9-28-3)18(25)12-24-19(26)16(11-21)17-6-4-7-23(17)20(24)27/h10H,4-9,12H2,1-3H3. The van der Waals surface area contributed by atoms with Crippen LogP contribution in [0.2, 0.25) is 0 Å². The molecule has 0 spiro atoms.